The van der Waals surface area contributed by atoms with Crippen molar-refractivity contribution < 1.29 is 13.9 Å². The van der Waals surface area contributed by atoms with Crippen molar-refractivity contribution >= 4 is 5.69 Å². The van der Waals surface area contributed by atoms with Gasteiger partial charge in [-0.3, -0.25) is 0 Å². The number of morpholine rings is 1. The Hall–Kier alpha value is -1.33. The minimum Gasteiger partial charge on any atom is -0.497 e. The maximum atomic E-state index is 13.6. The van der Waals surface area contributed by atoms with E-state index in [9.17, 15) is 4.39 Å². The highest BCUT2D eigenvalue weighted by Crippen LogP contribution is 2.21. The van der Waals surface area contributed by atoms with E-state index in [1.54, 1.807) is 19.2 Å². The van der Waals surface area contributed by atoms with Gasteiger partial charge < -0.3 is 19.7 Å². The van der Waals surface area contributed by atoms with Gasteiger partial charge in [-0.1, -0.05) is 0 Å². The van der Waals surface area contributed by atoms with Crippen molar-refractivity contribution in [2.24, 2.45) is 0 Å². The van der Waals surface area contributed by atoms with Gasteiger partial charge in [0.2, 0.25) is 0 Å². The fourth-order valence-electron chi connectivity index (χ4n) is 1.98. The van der Waals surface area contributed by atoms with Gasteiger partial charge in [0.1, 0.15) is 11.6 Å². The van der Waals surface area contributed by atoms with E-state index in [1.165, 1.54) is 6.07 Å². The van der Waals surface area contributed by atoms with Crippen LogP contribution in [0.5, 0.6) is 5.75 Å². The molecule has 0 radical (unpaired) electrons. The zero-order chi connectivity index (χ0) is 13.0. The van der Waals surface area contributed by atoms with Crippen molar-refractivity contribution in [1.29, 1.82) is 0 Å². The second kappa shape index (κ2) is 6.02. The summed E-state index contributed by atoms with van der Waals surface area (Å²) in [5.74, 6) is 0.362. The number of ether oxygens (including phenoxy) is 2. The second-order valence-electron chi connectivity index (χ2n) is 4.48. The van der Waals surface area contributed by atoms with Gasteiger partial charge in [0, 0.05) is 25.7 Å². The first-order chi connectivity index (χ1) is 8.69. The van der Waals surface area contributed by atoms with E-state index in [0.29, 0.717) is 18.0 Å². The molecule has 1 aliphatic rings. The Labute approximate surface area is 107 Å². The molecule has 0 spiro atoms. The third-order valence-corrected chi connectivity index (χ3v) is 3.04. The van der Waals surface area contributed by atoms with Crippen molar-refractivity contribution in [2.75, 3.05) is 45.7 Å². The SMILES string of the molecule is COc1ccc(F)c(NCC2CN(C)CCO2)c1. The number of methoxy groups -OCH3 is 1. The molecule has 1 saturated heterocycles. The Balaban J connectivity index is 1.92. The summed E-state index contributed by atoms with van der Waals surface area (Å²) in [5.41, 5.74) is 0.450. The molecule has 0 aliphatic carbocycles. The van der Waals surface area contributed by atoms with Crippen molar-refractivity contribution in [1.82, 2.24) is 4.90 Å². The molecule has 0 saturated carbocycles. The maximum Gasteiger partial charge on any atom is 0.146 e. The topological polar surface area (TPSA) is 33.7 Å². The lowest BCUT2D eigenvalue weighted by atomic mass is 10.2. The number of rotatable bonds is 4. The first-order valence-corrected chi connectivity index (χ1v) is 6.06. The van der Waals surface area contributed by atoms with E-state index in [2.05, 4.69) is 17.3 Å². The molecular weight excluding hydrogens is 235 g/mol. The number of halogens is 1. The molecule has 2 rings (SSSR count). The summed E-state index contributed by atoms with van der Waals surface area (Å²) >= 11 is 0. The standard InChI is InChI=1S/C13H19FN2O2/c1-16-5-6-18-11(9-16)8-15-13-7-10(17-2)3-4-12(13)14/h3-4,7,11,15H,5-6,8-9H2,1-2H3. The van der Waals surface area contributed by atoms with Crippen LogP contribution in [0.1, 0.15) is 0 Å². The van der Waals surface area contributed by atoms with Crippen LogP contribution in [-0.4, -0.2) is 51.4 Å². The summed E-state index contributed by atoms with van der Waals surface area (Å²) < 4.78 is 24.2. The molecule has 1 heterocycles. The molecule has 1 aliphatic heterocycles. The normalized spacial score (nSPS) is 20.7. The maximum absolute atomic E-state index is 13.6. The van der Waals surface area contributed by atoms with Crippen LogP contribution < -0.4 is 10.1 Å². The third-order valence-electron chi connectivity index (χ3n) is 3.04. The number of anilines is 1. The van der Waals surface area contributed by atoms with Gasteiger partial charge in [-0.15, -0.1) is 0 Å². The molecule has 0 amide bonds. The van der Waals surface area contributed by atoms with Crippen molar-refractivity contribution in [3.8, 4) is 5.75 Å². The second-order valence-corrected chi connectivity index (χ2v) is 4.48. The van der Waals surface area contributed by atoms with Crippen LogP contribution in [0.3, 0.4) is 0 Å². The van der Waals surface area contributed by atoms with Crippen LogP contribution in [0.4, 0.5) is 10.1 Å². The number of likely N-dealkylation sites (N-methyl/N-ethyl adjacent to an activating group) is 1. The zero-order valence-electron chi connectivity index (χ0n) is 10.8. The molecule has 1 fully saturated rings. The average Bonchev–Trinajstić information content (AvgIpc) is 2.38. The van der Waals surface area contributed by atoms with E-state index < -0.39 is 0 Å². The Morgan fingerprint density at radius 2 is 2.39 bits per heavy atom. The van der Waals surface area contributed by atoms with Gasteiger partial charge >= 0.3 is 0 Å². The Kier molecular flexibility index (Phi) is 4.38. The number of benzene rings is 1. The molecule has 0 aromatic heterocycles. The van der Waals surface area contributed by atoms with Crippen LogP contribution in [0.25, 0.3) is 0 Å². The van der Waals surface area contributed by atoms with Crippen LogP contribution in [0, 0.1) is 5.82 Å². The monoisotopic (exact) mass is 254 g/mol. The first kappa shape index (κ1) is 13.1. The van der Waals surface area contributed by atoms with E-state index in [-0.39, 0.29) is 11.9 Å². The average molecular weight is 254 g/mol. The van der Waals surface area contributed by atoms with Crippen LogP contribution >= 0.6 is 0 Å². The summed E-state index contributed by atoms with van der Waals surface area (Å²) in [4.78, 5) is 2.21. The molecule has 1 unspecified atom stereocenters. The Morgan fingerprint density at radius 1 is 1.56 bits per heavy atom. The van der Waals surface area contributed by atoms with Gasteiger partial charge in [-0.05, 0) is 19.2 Å². The Bertz CT molecular complexity index is 401. The van der Waals surface area contributed by atoms with Gasteiger partial charge in [0.25, 0.3) is 0 Å². The van der Waals surface area contributed by atoms with Gasteiger partial charge in [0.15, 0.2) is 0 Å². The first-order valence-electron chi connectivity index (χ1n) is 6.06. The van der Waals surface area contributed by atoms with Crippen molar-refractivity contribution in [3.05, 3.63) is 24.0 Å². The lowest BCUT2D eigenvalue weighted by Crippen LogP contribution is -2.43. The molecule has 5 heteroatoms. The minimum atomic E-state index is -0.278. The third kappa shape index (κ3) is 3.34. The highest BCUT2D eigenvalue weighted by atomic mass is 19.1. The smallest absolute Gasteiger partial charge is 0.146 e. The number of nitrogens with zero attached hydrogens (tertiary/aromatic N) is 1. The van der Waals surface area contributed by atoms with Gasteiger partial charge in [0.05, 0.1) is 25.5 Å². The number of hydrogen-bond donors (Lipinski definition) is 1. The van der Waals surface area contributed by atoms with Crippen molar-refractivity contribution in [2.45, 2.75) is 6.10 Å². The number of nitrogens with one attached hydrogen (secondary N) is 1. The van der Waals surface area contributed by atoms with E-state index in [0.717, 1.165) is 19.7 Å². The molecule has 0 bridgehead atoms. The fourth-order valence-corrected chi connectivity index (χ4v) is 1.98. The number of hydrogen-bond acceptors (Lipinski definition) is 4. The lowest BCUT2D eigenvalue weighted by Gasteiger charge is -2.30. The fraction of sp³-hybridized carbons (Fsp3) is 0.538. The Morgan fingerprint density at radius 3 is 3.11 bits per heavy atom. The molecule has 1 aromatic carbocycles. The quantitative estimate of drug-likeness (QED) is 0.884. The van der Waals surface area contributed by atoms with E-state index in [1.807, 2.05) is 0 Å². The summed E-state index contributed by atoms with van der Waals surface area (Å²) in [6.07, 6.45) is 0.0920. The predicted molar refractivity (Wildman–Crippen MR) is 68.7 cm³/mol. The van der Waals surface area contributed by atoms with Crippen LogP contribution in [0.2, 0.25) is 0 Å². The zero-order valence-corrected chi connectivity index (χ0v) is 10.8. The molecule has 1 N–H and O–H groups in total. The van der Waals surface area contributed by atoms with Crippen LogP contribution in [0.15, 0.2) is 18.2 Å². The molecule has 100 valence electrons. The van der Waals surface area contributed by atoms with E-state index >= 15 is 0 Å². The highest BCUT2D eigenvalue weighted by molar-refractivity contribution is 5.49. The predicted octanol–water partition coefficient (Wildman–Crippen LogP) is 1.58. The highest BCUT2D eigenvalue weighted by Gasteiger charge is 2.17. The van der Waals surface area contributed by atoms with Gasteiger partial charge in [-0.25, -0.2) is 4.39 Å². The lowest BCUT2D eigenvalue weighted by molar-refractivity contribution is -0.0117. The molecular formula is C13H19FN2O2. The largest absolute Gasteiger partial charge is 0.497 e. The summed E-state index contributed by atoms with van der Waals surface area (Å²) in [6.45, 7) is 3.13. The summed E-state index contributed by atoms with van der Waals surface area (Å²) in [6, 6.07) is 4.66. The molecule has 1 aromatic rings. The van der Waals surface area contributed by atoms with E-state index in [4.69, 9.17) is 9.47 Å². The summed E-state index contributed by atoms with van der Waals surface area (Å²) in [7, 11) is 3.62. The molecule has 18 heavy (non-hydrogen) atoms. The van der Waals surface area contributed by atoms with Gasteiger partial charge in [-0.2, -0.15) is 0 Å². The molecule has 4 nitrogen and oxygen atoms in total. The molecule has 1 atom stereocenters. The van der Waals surface area contributed by atoms with Crippen LogP contribution in [-0.2, 0) is 4.74 Å². The minimum absolute atomic E-state index is 0.0920. The summed E-state index contributed by atoms with van der Waals surface area (Å²) in [5, 5.41) is 3.07. The van der Waals surface area contributed by atoms with Crippen molar-refractivity contribution in [3.63, 3.8) is 0 Å².